The third-order valence-electron chi connectivity index (χ3n) is 4.23. The van der Waals surface area contributed by atoms with Gasteiger partial charge in [0.05, 0.1) is 0 Å². The van der Waals surface area contributed by atoms with Gasteiger partial charge in [-0.2, -0.15) is 0 Å². The first-order valence-electron chi connectivity index (χ1n) is 7.83. The van der Waals surface area contributed by atoms with Gasteiger partial charge in [-0.3, -0.25) is 11.3 Å². The van der Waals surface area contributed by atoms with Gasteiger partial charge in [-0.1, -0.05) is 71.1 Å². The summed E-state index contributed by atoms with van der Waals surface area (Å²) in [5.41, 5.74) is 3.01. The zero-order chi connectivity index (χ0) is 12.3. The first-order valence-corrected chi connectivity index (χ1v) is 7.83. The van der Waals surface area contributed by atoms with Gasteiger partial charge < -0.3 is 0 Å². The molecular weight excluding hydrogens is 208 g/mol. The van der Waals surface area contributed by atoms with E-state index in [0.717, 1.165) is 5.92 Å². The van der Waals surface area contributed by atoms with E-state index in [1.807, 2.05) is 0 Å². The Kier molecular flexibility index (Phi) is 8.72. The minimum atomic E-state index is 0.580. The second-order valence-corrected chi connectivity index (χ2v) is 5.81. The zero-order valence-electron chi connectivity index (χ0n) is 11.7. The number of hydrogen-bond donors (Lipinski definition) is 2. The lowest BCUT2D eigenvalue weighted by molar-refractivity contribution is 0.252. The van der Waals surface area contributed by atoms with Gasteiger partial charge in [-0.15, -0.1) is 0 Å². The molecule has 0 aromatic carbocycles. The van der Waals surface area contributed by atoms with Crippen molar-refractivity contribution in [1.29, 1.82) is 0 Å². The molecule has 1 saturated carbocycles. The van der Waals surface area contributed by atoms with Gasteiger partial charge in [0.1, 0.15) is 0 Å². The van der Waals surface area contributed by atoms with Gasteiger partial charge >= 0.3 is 0 Å². The molecule has 1 unspecified atom stereocenters. The van der Waals surface area contributed by atoms with Gasteiger partial charge in [0.25, 0.3) is 0 Å². The van der Waals surface area contributed by atoms with Gasteiger partial charge in [-0.05, 0) is 18.8 Å². The molecule has 0 saturated heterocycles. The first kappa shape index (κ1) is 15.0. The van der Waals surface area contributed by atoms with Crippen molar-refractivity contribution in [1.82, 2.24) is 5.43 Å². The average molecular weight is 240 g/mol. The molecular formula is C15H32N2. The molecule has 3 N–H and O–H groups in total. The fraction of sp³-hybridized carbons (Fsp3) is 1.00. The van der Waals surface area contributed by atoms with E-state index >= 15 is 0 Å². The standard InChI is InChI=1S/C15H32N2/c1-2-3-4-5-6-7-8-12-15(17-16)13-14-10-9-11-14/h14-15,17H,2-13,16H2,1H3. The van der Waals surface area contributed by atoms with E-state index in [1.54, 1.807) is 0 Å². The fourth-order valence-corrected chi connectivity index (χ4v) is 2.75. The van der Waals surface area contributed by atoms with Crippen LogP contribution in [0.3, 0.4) is 0 Å². The quantitative estimate of drug-likeness (QED) is 0.323. The highest BCUT2D eigenvalue weighted by Crippen LogP contribution is 2.31. The molecule has 1 atom stereocenters. The Morgan fingerprint density at radius 3 is 2.24 bits per heavy atom. The topological polar surface area (TPSA) is 38.0 Å². The van der Waals surface area contributed by atoms with E-state index in [9.17, 15) is 0 Å². The van der Waals surface area contributed by atoms with Crippen LogP contribution in [0.1, 0.15) is 84.0 Å². The number of hydrazine groups is 1. The SMILES string of the molecule is CCCCCCCCCC(CC1CCC1)NN. The number of rotatable bonds is 11. The lowest BCUT2D eigenvalue weighted by atomic mass is 9.80. The third-order valence-corrected chi connectivity index (χ3v) is 4.23. The van der Waals surface area contributed by atoms with Gasteiger partial charge in [-0.25, -0.2) is 0 Å². The van der Waals surface area contributed by atoms with Crippen LogP contribution in [0.25, 0.3) is 0 Å². The molecule has 0 aromatic rings. The molecule has 2 heteroatoms. The molecule has 1 aliphatic rings. The molecule has 102 valence electrons. The first-order chi connectivity index (χ1) is 8.36. The van der Waals surface area contributed by atoms with E-state index in [2.05, 4.69) is 12.3 Å². The predicted molar refractivity (Wildman–Crippen MR) is 75.7 cm³/mol. The van der Waals surface area contributed by atoms with Crippen LogP contribution in [0.2, 0.25) is 0 Å². The van der Waals surface area contributed by atoms with Crippen molar-refractivity contribution in [2.45, 2.75) is 90.0 Å². The largest absolute Gasteiger partial charge is 0.271 e. The van der Waals surface area contributed by atoms with Crippen LogP contribution in [-0.4, -0.2) is 6.04 Å². The number of hydrogen-bond acceptors (Lipinski definition) is 2. The van der Waals surface area contributed by atoms with Crippen LogP contribution in [0.15, 0.2) is 0 Å². The minimum Gasteiger partial charge on any atom is -0.271 e. The highest BCUT2D eigenvalue weighted by atomic mass is 15.2. The lowest BCUT2D eigenvalue weighted by Crippen LogP contribution is -2.37. The van der Waals surface area contributed by atoms with Crippen LogP contribution >= 0.6 is 0 Å². The molecule has 0 aromatic heterocycles. The Hall–Kier alpha value is -0.0800. The van der Waals surface area contributed by atoms with E-state index in [-0.39, 0.29) is 0 Å². The maximum absolute atomic E-state index is 5.63. The minimum absolute atomic E-state index is 0.580. The third kappa shape index (κ3) is 7.05. The maximum atomic E-state index is 5.63. The number of nitrogens with one attached hydrogen (secondary N) is 1. The molecule has 0 bridgehead atoms. The molecule has 0 radical (unpaired) electrons. The molecule has 1 fully saturated rings. The van der Waals surface area contributed by atoms with Crippen molar-refractivity contribution >= 4 is 0 Å². The number of unbranched alkanes of at least 4 members (excludes halogenated alkanes) is 6. The lowest BCUT2D eigenvalue weighted by Gasteiger charge is -2.29. The summed E-state index contributed by atoms with van der Waals surface area (Å²) < 4.78 is 0. The van der Waals surface area contributed by atoms with Gasteiger partial charge in [0, 0.05) is 6.04 Å². The Morgan fingerprint density at radius 2 is 1.71 bits per heavy atom. The fourth-order valence-electron chi connectivity index (χ4n) is 2.75. The summed E-state index contributed by atoms with van der Waals surface area (Å²) >= 11 is 0. The monoisotopic (exact) mass is 240 g/mol. The molecule has 0 aliphatic heterocycles. The van der Waals surface area contributed by atoms with E-state index in [4.69, 9.17) is 5.84 Å². The Bertz CT molecular complexity index is 166. The van der Waals surface area contributed by atoms with Crippen molar-refractivity contribution in [2.75, 3.05) is 0 Å². The average Bonchev–Trinajstić information content (AvgIpc) is 2.29. The highest BCUT2D eigenvalue weighted by Gasteiger charge is 2.20. The summed E-state index contributed by atoms with van der Waals surface area (Å²) in [7, 11) is 0. The molecule has 0 spiro atoms. The summed E-state index contributed by atoms with van der Waals surface area (Å²) in [5, 5.41) is 0. The van der Waals surface area contributed by atoms with Crippen LogP contribution in [0, 0.1) is 5.92 Å². The van der Waals surface area contributed by atoms with Gasteiger partial charge in [0.15, 0.2) is 0 Å². The molecule has 2 nitrogen and oxygen atoms in total. The van der Waals surface area contributed by atoms with E-state index in [0.29, 0.717) is 6.04 Å². The highest BCUT2D eigenvalue weighted by molar-refractivity contribution is 4.76. The maximum Gasteiger partial charge on any atom is 0.0213 e. The van der Waals surface area contributed by atoms with Crippen LogP contribution < -0.4 is 11.3 Å². The molecule has 1 rings (SSSR count). The van der Waals surface area contributed by atoms with Crippen molar-refractivity contribution in [3.8, 4) is 0 Å². The van der Waals surface area contributed by atoms with Crippen molar-refractivity contribution in [2.24, 2.45) is 11.8 Å². The summed E-state index contributed by atoms with van der Waals surface area (Å²) in [6.07, 6.45) is 16.7. The summed E-state index contributed by atoms with van der Waals surface area (Å²) in [4.78, 5) is 0. The summed E-state index contributed by atoms with van der Waals surface area (Å²) in [5.74, 6) is 6.60. The predicted octanol–water partition coefficient (Wildman–Crippen LogP) is 4.15. The van der Waals surface area contributed by atoms with Crippen molar-refractivity contribution < 1.29 is 0 Å². The van der Waals surface area contributed by atoms with Gasteiger partial charge in [0.2, 0.25) is 0 Å². The van der Waals surface area contributed by atoms with Crippen LogP contribution in [-0.2, 0) is 0 Å². The molecule has 0 heterocycles. The number of nitrogens with two attached hydrogens (primary N) is 1. The van der Waals surface area contributed by atoms with Crippen LogP contribution in [0.5, 0.6) is 0 Å². The Labute approximate surface area is 108 Å². The van der Waals surface area contributed by atoms with Crippen molar-refractivity contribution in [3.63, 3.8) is 0 Å². The molecule has 17 heavy (non-hydrogen) atoms. The second-order valence-electron chi connectivity index (χ2n) is 5.81. The summed E-state index contributed by atoms with van der Waals surface area (Å²) in [6, 6.07) is 0.580. The van der Waals surface area contributed by atoms with Crippen LogP contribution in [0.4, 0.5) is 0 Å². The van der Waals surface area contributed by atoms with E-state index < -0.39 is 0 Å². The van der Waals surface area contributed by atoms with Crippen molar-refractivity contribution in [3.05, 3.63) is 0 Å². The molecule has 1 aliphatic carbocycles. The second kappa shape index (κ2) is 9.90. The smallest absolute Gasteiger partial charge is 0.0213 e. The Morgan fingerprint density at radius 1 is 1.06 bits per heavy atom. The molecule has 0 amide bonds. The normalized spacial score (nSPS) is 18.0. The Balaban J connectivity index is 1.88. The van der Waals surface area contributed by atoms with E-state index in [1.165, 1.54) is 77.0 Å². The zero-order valence-corrected chi connectivity index (χ0v) is 11.7. The summed E-state index contributed by atoms with van der Waals surface area (Å²) in [6.45, 7) is 2.28.